The molecular weight excluding hydrogens is 554 g/mol. The van der Waals surface area contributed by atoms with Crippen molar-refractivity contribution in [1.29, 1.82) is 0 Å². The van der Waals surface area contributed by atoms with E-state index in [0.29, 0.717) is 42.6 Å². The van der Waals surface area contributed by atoms with Crippen molar-refractivity contribution in [3.05, 3.63) is 90.0 Å². The first-order chi connectivity index (χ1) is 20.6. The third kappa shape index (κ3) is 10.6. The number of hydrogen-bond acceptors (Lipinski definition) is 7. The second kappa shape index (κ2) is 16.3. The van der Waals surface area contributed by atoms with E-state index in [0.717, 1.165) is 5.56 Å². The minimum Gasteiger partial charge on any atom is -0.481 e. The largest absolute Gasteiger partial charge is 0.481 e. The molecule has 0 aliphatic carbocycles. The Hall–Kier alpha value is -5.23. The molecule has 12 nitrogen and oxygen atoms in total. The first kappa shape index (κ1) is 32.3. The van der Waals surface area contributed by atoms with Crippen LogP contribution in [0.4, 0.5) is 10.5 Å². The van der Waals surface area contributed by atoms with E-state index < -0.39 is 48.3 Å². The van der Waals surface area contributed by atoms with E-state index in [4.69, 9.17) is 21.3 Å². The van der Waals surface area contributed by atoms with Gasteiger partial charge in [0.25, 0.3) is 5.91 Å². The first-order valence-corrected chi connectivity index (χ1v) is 13.7. The molecule has 3 aromatic rings. The summed E-state index contributed by atoms with van der Waals surface area (Å²) in [5.74, 6) is -3.40. The van der Waals surface area contributed by atoms with Gasteiger partial charge >= 0.3 is 12.1 Å². The molecule has 0 aliphatic rings. The van der Waals surface area contributed by atoms with Gasteiger partial charge in [0.15, 0.2) is 0 Å². The molecule has 0 saturated carbocycles. The number of carbonyl (C=O) groups is 5. The quantitative estimate of drug-likeness (QED) is 0.145. The Morgan fingerprint density at radius 3 is 2.21 bits per heavy atom. The average Bonchev–Trinajstić information content (AvgIpc) is 3.00. The highest BCUT2D eigenvalue weighted by molar-refractivity contribution is 6.04. The van der Waals surface area contributed by atoms with Crippen molar-refractivity contribution in [2.75, 3.05) is 11.9 Å². The molecule has 4 amide bonds. The van der Waals surface area contributed by atoms with Crippen LogP contribution >= 0.6 is 0 Å². The van der Waals surface area contributed by atoms with Crippen LogP contribution in [0.15, 0.2) is 78.9 Å². The lowest BCUT2D eigenvalue weighted by Crippen LogP contribution is -2.45. The van der Waals surface area contributed by atoms with Crippen LogP contribution in [0.1, 0.15) is 41.6 Å². The van der Waals surface area contributed by atoms with Crippen LogP contribution in [-0.2, 0) is 25.7 Å². The zero-order valence-electron chi connectivity index (χ0n) is 23.5. The molecule has 0 aliphatic heterocycles. The number of carboxylic acid groups (broad SMARTS) is 1. The summed E-state index contributed by atoms with van der Waals surface area (Å²) in [6, 6.07) is 20.5. The molecule has 0 bridgehead atoms. The summed E-state index contributed by atoms with van der Waals surface area (Å²) < 4.78 is 5.16. The van der Waals surface area contributed by atoms with Crippen LogP contribution in [-0.4, -0.2) is 53.5 Å². The summed E-state index contributed by atoms with van der Waals surface area (Å²) in [5.41, 5.74) is 13.9. The van der Waals surface area contributed by atoms with Crippen LogP contribution < -0.4 is 27.4 Å². The molecule has 3 aromatic carbocycles. The topological polar surface area (TPSA) is 203 Å². The van der Waals surface area contributed by atoms with Crippen LogP contribution in [0.5, 0.6) is 0 Å². The molecule has 0 unspecified atom stereocenters. The van der Waals surface area contributed by atoms with Crippen molar-refractivity contribution in [2.24, 2.45) is 11.5 Å². The summed E-state index contributed by atoms with van der Waals surface area (Å²) in [7, 11) is 0. The summed E-state index contributed by atoms with van der Waals surface area (Å²) in [6.45, 7) is 0.545. The predicted octanol–water partition coefficient (Wildman–Crippen LogP) is 2.77. The summed E-state index contributed by atoms with van der Waals surface area (Å²) in [5, 5.41) is 16.8. The van der Waals surface area contributed by atoms with E-state index in [1.165, 1.54) is 12.1 Å². The number of ether oxygens (including phenoxy) is 1. The molecule has 0 aromatic heterocycles. The zero-order valence-corrected chi connectivity index (χ0v) is 23.5. The fourth-order valence-electron chi connectivity index (χ4n) is 4.13. The normalized spacial score (nSPS) is 11.9. The molecule has 2 atom stereocenters. The maximum absolute atomic E-state index is 13.0. The molecule has 3 rings (SSSR count). The van der Waals surface area contributed by atoms with E-state index in [1.54, 1.807) is 36.4 Å². The molecule has 8 N–H and O–H groups in total. The number of alkyl carbamates (subject to hydrolysis) is 1. The van der Waals surface area contributed by atoms with Gasteiger partial charge in [-0.25, -0.2) is 4.79 Å². The van der Waals surface area contributed by atoms with Gasteiger partial charge in [-0.3, -0.25) is 19.2 Å². The Labute approximate surface area is 248 Å². The van der Waals surface area contributed by atoms with Gasteiger partial charge in [-0.05, 0) is 54.2 Å². The van der Waals surface area contributed by atoms with E-state index >= 15 is 0 Å². The van der Waals surface area contributed by atoms with Crippen molar-refractivity contribution in [2.45, 2.75) is 44.4 Å². The predicted molar refractivity (Wildman–Crippen MR) is 160 cm³/mol. The number of nitrogens with two attached hydrogens (primary N) is 2. The molecule has 12 heteroatoms. The fourth-order valence-corrected chi connectivity index (χ4v) is 4.13. The second-order valence-corrected chi connectivity index (χ2v) is 9.73. The van der Waals surface area contributed by atoms with Crippen molar-refractivity contribution < 1.29 is 33.8 Å². The van der Waals surface area contributed by atoms with Gasteiger partial charge in [0.1, 0.15) is 12.6 Å². The smallest absolute Gasteiger partial charge is 0.407 e. The van der Waals surface area contributed by atoms with Crippen LogP contribution in [0.3, 0.4) is 0 Å². The third-order valence-electron chi connectivity index (χ3n) is 6.40. The van der Waals surface area contributed by atoms with Crippen molar-refractivity contribution in [3.63, 3.8) is 0 Å². The van der Waals surface area contributed by atoms with E-state index in [9.17, 15) is 24.0 Å². The van der Waals surface area contributed by atoms with E-state index in [-0.39, 0.29) is 12.2 Å². The Kier molecular flexibility index (Phi) is 12.2. The number of aliphatic carboxylic acids is 1. The van der Waals surface area contributed by atoms with Gasteiger partial charge < -0.3 is 37.3 Å². The number of carboxylic acids is 1. The molecule has 0 spiro atoms. The van der Waals surface area contributed by atoms with Gasteiger partial charge in [0.05, 0.1) is 12.5 Å². The number of nitrogens with one attached hydrogen (secondary N) is 3. The Balaban J connectivity index is 1.55. The van der Waals surface area contributed by atoms with Gasteiger partial charge in [-0.15, -0.1) is 0 Å². The zero-order chi connectivity index (χ0) is 31.2. The van der Waals surface area contributed by atoms with Gasteiger partial charge in [-0.2, -0.15) is 0 Å². The Bertz CT molecular complexity index is 1420. The summed E-state index contributed by atoms with van der Waals surface area (Å²) >= 11 is 0. The third-order valence-corrected chi connectivity index (χ3v) is 6.40. The number of primary amides is 1. The highest BCUT2D eigenvalue weighted by Gasteiger charge is 2.24. The molecule has 0 fully saturated rings. The Morgan fingerprint density at radius 1 is 0.884 bits per heavy atom. The number of carbonyl (C=O) groups excluding carboxylic acids is 4. The fraction of sp³-hybridized carbons (Fsp3) is 0.258. The number of rotatable bonds is 15. The highest BCUT2D eigenvalue weighted by atomic mass is 16.5. The molecule has 0 saturated heterocycles. The average molecular weight is 590 g/mol. The molecule has 43 heavy (non-hydrogen) atoms. The number of benzene rings is 3. The number of amides is 4. The minimum absolute atomic E-state index is 0.153. The highest BCUT2D eigenvalue weighted by Crippen LogP contribution is 2.27. The molecule has 226 valence electrons. The van der Waals surface area contributed by atoms with Gasteiger partial charge in [-0.1, -0.05) is 60.7 Å². The number of unbranched alkanes of at least 4 members (excludes halogenated alkanes) is 1. The summed E-state index contributed by atoms with van der Waals surface area (Å²) in [6.07, 6.45) is 0.361. The van der Waals surface area contributed by atoms with Crippen molar-refractivity contribution in [1.82, 2.24) is 10.6 Å². The lowest BCUT2D eigenvalue weighted by molar-refractivity contribution is -0.139. The maximum atomic E-state index is 13.0. The monoisotopic (exact) mass is 589 g/mol. The maximum Gasteiger partial charge on any atom is 0.407 e. The van der Waals surface area contributed by atoms with Crippen molar-refractivity contribution >= 4 is 35.5 Å². The molecule has 0 heterocycles. The Morgan fingerprint density at radius 2 is 1.56 bits per heavy atom. The number of anilines is 1. The molecular formula is C31H35N5O7. The van der Waals surface area contributed by atoms with E-state index in [2.05, 4.69) is 16.0 Å². The van der Waals surface area contributed by atoms with Crippen LogP contribution in [0.2, 0.25) is 0 Å². The molecule has 0 radical (unpaired) electrons. The van der Waals surface area contributed by atoms with Gasteiger partial charge in [0, 0.05) is 17.8 Å². The summed E-state index contributed by atoms with van der Waals surface area (Å²) in [4.78, 5) is 60.4. The number of hydrogen-bond donors (Lipinski definition) is 6. The van der Waals surface area contributed by atoms with Crippen LogP contribution in [0, 0.1) is 0 Å². The lowest BCUT2D eigenvalue weighted by Gasteiger charge is -2.17. The minimum atomic E-state index is -1.40. The van der Waals surface area contributed by atoms with Gasteiger partial charge in [0.2, 0.25) is 11.8 Å². The standard InChI is InChI=1S/C31H35N5O7/c32-25(13-7-8-16-34-31(42)43-19-20-9-3-1-4-10-20)30(41)35-22-14-15-23(24(17-22)21-11-5-2-6-12-21)29(40)36-26(28(33)39)18-27(37)38/h1-6,9-12,14-15,17,25-26H,7-8,13,16,18-19,32H2,(H2,33,39)(H,34,42)(H,35,41)(H,36,40)(H,37,38)/t25-,26-/m0/s1. The van der Waals surface area contributed by atoms with Crippen LogP contribution in [0.25, 0.3) is 11.1 Å². The lowest BCUT2D eigenvalue weighted by atomic mass is 9.97. The first-order valence-electron chi connectivity index (χ1n) is 13.7. The second-order valence-electron chi connectivity index (χ2n) is 9.73. The SMILES string of the molecule is NC(=O)[C@H](CC(=O)O)NC(=O)c1ccc(NC(=O)[C@@H](N)CCCCNC(=O)OCc2ccccc2)cc1-c1ccccc1. The van der Waals surface area contributed by atoms with E-state index in [1.807, 2.05) is 30.3 Å². The van der Waals surface area contributed by atoms with Crippen molar-refractivity contribution in [3.8, 4) is 11.1 Å².